The molecule has 1 aliphatic rings. The molecule has 6 nitrogen and oxygen atoms in total. The maximum Gasteiger partial charge on any atom is 0.339 e. The molecule has 6 heteroatoms. The lowest BCUT2D eigenvalue weighted by atomic mass is 10.1. The number of hydrogen-bond donors (Lipinski definition) is 0. The molecule has 2 heterocycles. The van der Waals surface area contributed by atoms with E-state index in [1.807, 2.05) is 41.9 Å². The van der Waals surface area contributed by atoms with Crippen molar-refractivity contribution in [1.29, 1.82) is 0 Å². The number of aryl methyl sites for hydroxylation is 1. The lowest BCUT2D eigenvalue weighted by Gasteiger charge is -2.13. The molecular formula is C19H14N2O4. The second-order valence-corrected chi connectivity index (χ2v) is 5.84. The first-order valence-electron chi connectivity index (χ1n) is 7.78. The van der Waals surface area contributed by atoms with Gasteiger partial charge in [0.25, 0.3) is 11.8 Å². The molecule has 3 aromatic rings. The number of para-hydroxylation sites is 1. The van der Waals surface area contributed by atoms with E-state index in [-0.39, 0.29) is 17.5 Å². The molecular weight excluding hydrogens is 320 g/mol. The Labute approximate surface area is 143 Å². The van der Waals surface area contributed by atoms with Gasteiger partial charge in [-0.3, -0.25) is 9.59 Å². The zero-order valence-electron chi connectivity index (χ0n) is 13.4. The highest BCUT2D eigenvalue weighted by Gasteiger charge is 2.38. The number of hydrogen-bond acceptors (Lipinski definition) is 4. The van der Waals surface area contributed by atoms with Crippen molar-refractivity contribution in [2.45, 2.75) is 6.42 Å². The summed E-state index contributed by atoms with van der Waals surface area (Å²) in [6, 6.07) is 16.0. The van der Waals surface area contributed by atoms with Crippen molar-refractivity contribution in [2.75, 3.05) is 0 Å². The number of imide groups is 1. The van der Waals surface area contributed by atoms with Crippen molar-refractivity contribution >= 4 is 28.7 Å². The molecule has 1 aliphatic heterocycles. The van der Waals surface area contributed by atoms with Crippen LogP contribution in [0.2, 0.25) is 0 Å². The fourth-order valence-electron chi connectivity index (χ4n) is 3.05. The number of nitrogens with zero attached hydrogens (tertiary/aromatic N) is 2. The molecule has 0 atom stereocenters. The van der Waals surface area contributed by atoms with Gasteiger partial charge in [-0.25, -0.2) is 4.79 Å². The Hall–Kier alpha value is -3.41. The predicted molar refractivity (Wildman–Crippen MR) is 89.7 cm³/mol. The third-order valence-corrected chi connectivity index (χ3v) is 4.33. The van der Waals surface area contributed by atoms with Gasteiger partial charge in [0.2, 0.25) is 0 Å². The SMILES string of the molecule is Cn1c(CC(=O)ON2C(=O)c3ccccc3C2=O)cc2ccccc21. The van der Waals surface area contributed by atoms with Crippen LogP contribution in [-0.4, -0.2) is 27.4 Å². The summed E-state index contributed by atoms with van der Waals surface area (Å²) in [5.41, 5.74) is 2.21. The van der Waals surface area contributed by atoms with Gasteiger partial charge in [-0.1, -0.05) is 35.4 Å². The molecule has 0 aliphatic carbocycles. The molecule has 2 aromatic carbocycles. The Morgan fingerprint density at radius 2 is 1.56 bits per heavy atom. The minimum absolute atomic E-state index is 0.0431. The summed E-state index contributed by atoms with van der Waals surface area (Å²) in [7, 11) is 1.85. The van der Waals surface area contributed by atoms with Crippen molar-refractivity contribution in [3.05, 3.63) is 71.4 Å². The Balaban J connectivity index is 1.54. The Bertz CT molecular complexity index is 1000. The first kappa shape index (κ1) is 15.1. The quantitative estimate of drug-likeness (QED) is 0.690. The standard InChI is InChI=1S/C19H14N2O4/c1-20-13(10-12-6-2-5-9-16(12)20)11-17(22)25-21-18(23)14-7-3-4-8-15(14)19(21)24/h2-10H,11H2,1H3. The second kappa shape index (κ2) is 5.59. The topological polar surface area (TPSA) is 68.6 Å². The number of fused-ring (bicyclic) bond motifs is 2. The molecule has 0 saturated carbocycles. The fourth-order valence-corrected chi connectivity index (χ4v) is 3.05. The second-order valence-electron chi connectivity index (χ2n) is 5.84. The van der Waals surface area contributed by atoms with Gasteiger partial charge < -0.3 is 9.40 Å². The molecule has 0 spiro atoms. The van der Waals surface area contributed by atoms with Crippen LogP contribution in [0.1, 0.15) is 26.4 Å². The number of benzene rings is 2. The maximum atomic E-state index is 12.3. The highest BCUT2D eigenvalue weighted by molar-refractivity contribution is 6.20. The van der Waals surface area contributed by atoms with Crippen molar-refractivity contribution in [3.63, 3.8) is 0 Å². The van der Waals surface area contributed by atoms with E-state index in [0.717, 1.165) is 16.6 Å². The molecule has 4 rings (SSSR count). The normalized spacial score (nSPS) is 13.4. The average molecular weight is 334 g/mol. The van der Waals surface area contributed by atoms with Crippen LogP contribution in [0.15, 0.2) is 54.6 Å². The van der Waals surface area contributed by atoms with Gasteiger partial charge in [0.1, 0.15) is 0 Å². The molecule has 25 heavy (non-hydrogen) atoms. The zero-order valence-corrected chi connectivity index (χ0v) is 13.4. The van der Waals surface area contributed by atoms with Crippen molar-refractivity contribution in [1.82, 2.24) is 9.63 Å². The summed E-state index contributed by atoms with van der Waals surface area (Å²) in [6.45, 7) is 0. The average Bonchev–Trinajstić information content (AvgIpc) is 3.06. The van der Waals surface area contributed by atoms with Gasteiger partial charge >= 0.3 is 5.97 Å². The van der Waals surface area contributed by atoms with Crippen LogP contribution in [0, 0.1) is 0 Å². The Morgan fingerprint density at radius 3 is 2.20 bits per heavy atom. The van der Waals surface area contributed by atoms with Gasteiger partial charge in [-0.05, 0) is 29.7 Å². The molecule has 1 aromatic heterocycles. The van der Waals surface area contributed by atoms with Crippen LogP contribution in [0.25, 0.3) is 10.9 Å². The smallest absolute Gasteiger partial charge is 0.339 e. The molecule has 0 bridgehead atoms. The third kappa shape index (κ3) is 2.39. The number of carbonyl (C=O) groups excluding carboxylic acids is 3. The lowest BCUT2D eigenvalue weighted by molar-refractivity contribution is -0.167. The molecule has 2 amide bonds. The van der Waals surface area contributed by atoms with Crippen molar-refractivity contribution in [3.8, 4) is 0 Å². The van der Waals surface area contributed by atoms with E-state index in [9.17, 15) is 14.4 Å². The van der Waals surface area contributed by atoms with Crippen LogP contribution < -0.4 is 0 Å². The summed E-state index contributed by atoms with van der Waals surface area (Å²) in [5.74, 6) is -1.91. The third-order valence-electron chi connectivity index (χ3n) is 4.33. The highest BCUT2D eigenvalue weighted by Crippen LogP contribution is 2.23. The van der Waals surface area contributed by atoms with Crippen LogP contribution in [0.4, 0.5) is 0 Å². The van der Waals surface area contributed by atoms with Crippen LogP contribution >= 0.6 is 0 Å². The van der Waals surface area contributed by atoms with E-state index in [1.165, 1.54) is 12.1 Å². The Kier molecular flexibility index (Phi) is 3.39. The van der Waals surface area contributed by atoms with E-state index in [0.29, 0.717) is 5.06 Å². The van der Waals surface area contributed by atoms with E-state index >= 15 is 0 Å². The molecule has 0 N–H and O–H groups in total. The predicted octanol–water partition coefficient (Wildman–Crippen LogP) is 2.48. The van der Waals surface area contributed by atoms with Gasteiger partial charge in [0.15, 0.2) is 0 Å². The summed E-state index contributed by atoms with van der Waals surface area (Å²) < 4.78 is 1.89. The van der Waals surface area contributed by atoms with E-state index in [4.69, 9.17) is 4.84 Å². The van der Waals surface area contributed by atoms with Gasteiger partial charge in [-0.2, -0.15) is 0 Å². The molecule has 0 saturated heterocycles. The van der Waals surface area contributed by atoms with Crippen molar-refractivity contribution in [2.24, 2.45) is 7.05 Å². The number of rotatable bonds is 3. The number of carbonyl (C=O) groups is 3. The maximum absolute atomic E-state index is 12.3. The lowest BCUT2D eigenvalue weighted by Crippen LogP contribution is -2.33. The monoisotopic (exact) mass is 334 g/mol. The van der Waals surface area contributed by atoms with Crippen LogP contribution in [0.5, 0.6) is 0 Å². The summed E-state index contributed by atoms with van der Waals surface area (Å²) >= 11 is 0. The van der Waals surface area contributed by atoms with E-state index in [2.05, 4.69) is 0 Å². The van der Waals surface area contributed by atoms with Gasteiger partial charge in [0, 0.05) is 18.3 Å². The minimum atomic E-state index is -0.666. The van der Waals surface area contributed by atoms with Crippen molar-refractivity contribution < 1.29 is 19.2 Å². The largest absolute Gasteiger partial charge is 0.347 e. The summed E-state index contributed by atoms with van der Waals surface area (Å²) in [6.07, 6.45) is -0.0431. The number of hydroxylamine groups is 2. The number of aromatic nitrogens is 1. The number of amides is 2. The zero-order chi connectivity index (χ0) is 17.6. The molecule has 0 radical (unpaired) electrons. The summed E-state index contributed by atoms with van der Waals surface area (Å²) in [4.78, 5) is 41.8. The van der Waals surface area contributed by atoms with E-state index < -0.39 is 17.8 Å². The minimum Gasteiger partial charge on any atom is -0.347 e. The van der Waals surface area contributed by atoms with Crippen LogP contribution in [0.3, 0.4) is 0 Å². The van der Waals surface area contributed by atoms with Gasteiger partial charge in [0.05, 0.1) is 17.5 Å². The first-order valence-corrected chi connectivity index (χ1v) is 7.78. The Morgan fingerprint density at radius 1 is 0.960 bits per heavy atom. The van der Waals surface area contributed by atoms with Crippen LogP contribution in [-0.2, 0) is 23.1 Å². The van der Waals surface area contributed by atoms with Gasteiger partial charge in [-0.15, -0.1) is 0 Å². The van der Waals surface area contributed by atoms with E-state index in [1.54, 1.807) is 12.1 Å². The summed E-state index contributed by atoms with van der Waals surface area (Å²) in [5, 5.41) is 1.55. The molecule has 0 fully saturated rings. The molecule has 124 valence electrons. The highest BCUT2D eigenvalue weighted by atomic mass is 16.7. The fraction of sp³-hybridized carbons (Fsp3) is 0.105. The first-order chi connectivity index (χ1) is 12.1. The molecule has 0 unspecified atom stereocenters.